The van der Waals surface area contributed by atoms with E-state index in [1.54, 1.807) is 0 Å². The van der Waals surface area contributed by atoms with E-state index in [0.717, 1.165) is 26.2 Å². The number of nitrogens with one attached hydrogen (secondary N) is 1. The van der Waals surface area contributed by atoms with Crippen LogP contribution in [0.5, 0.6) is 0 Å². The number of benzene rings is 1. The Labute approximate surface area is 129 Å². The third-order valence-electron chi connectivity index (χ3n) is 4.16. The van der Waals surface area contributed by atoms with Gasteiger partial charge < -0.3 is 10.1 Å². The number of nitrogens with zero attached hydrogens (tertiary/aromatic N) is 1. The number of ether oxygens (including phenoxy) is 1. The zero-order chi connectivity index (χ0) is 15.5. The smallest absolute Gasteiger partial charge is 0.0874 e. The number of hydrogen-bond acceptors (Lipinski definition) is 3. The summed E-state index contributed by atoms with van der Waals surface area (Å²) in [6, 6.07) is 9.19. The molecule has 0 saturated carbocycles. The first-order chi connectivity index (χ1) is 9.88. The molecule has 1 unspecified atom stereocenters. The molecule has 0 spiro atoms. The number of para-hydroxylation sites is 1. The lowest BCUT2D eigenvalue weighted by molar-refractivity contribution is -0.0315. The van der Waals surface area contributed by atoms with Crippen LogP contribution in [0.4, 0.5) is 5.69 Å². The molecule has 3 heteroatoms. The molecular formula is C18H30N2O. The zero-order valence-electron chi connectivity index (χ0n) is 14.1. The first kappa shape index (κ1) is 16.3. The lowest BCUT2D eigenvalue weighted by atomic mass is 9.86. The summed E-state index contributed by atoms with van der Waals surface area (Å²) in [5.41, 5.74) is 2.75. The van der Waals surface area contributed by atoms with Crippen LogP contribution in [0.3, 0.4) is 0 Å². The average Bonchev–Trinajstić information content (AvgIpc) is 2.45. The molecule has 1 heterocycles. The Morgan fingerprint density at radius 2 is 2.00 bits per heavy atom. The van der Waals surface area contributed by atoms with Crippen molar-refractivity contribution in [2.24, 2.45) is 0 Å². The fourth-order valence-electron chi connectivity index (χ4n) is 2.85. The van der Waals surface area contributed by atoms with Crippen molar-refractivity contribution in [3.63, 3.8) is 0 Å². The highest BCUT2D eigenvalue weighted by Crippen LogP contribution is 2.29. The van der Waals surface area contributed by atoms with Crippen molar-refractivity contribution in [3.8, 4) is 0 Å². The fourth-order valence-corrected chi connectivity index (χ4v) is 2.85. The van der Waals surface area contributed by atoms with Gasteiger partial charge in [0.05, 0.1) is 12.7 Å². The van der Waals surface area contributed by atoms with E-state index in [4.69, 9.17) is 4.74 Å². The van der Waals surface area contributed by atoms with Crippen molar-refractivity contribution in [2.75, 3.05) is 31.6 Å². The van der Waals surface area contributed by atoms with Gasteiger partial charge in [-0.1, -0.05) is 39.0 Å². The van der Waals surface area contributed by atoms with Crippen molar-refractivity contribution >= 4 is 5.69 Å². The second kappa shape index (κ2) is 6.80. The van der Waals surface area contributed by atoms with Gasteiger partial charge >= 0.3 is 0 Å². The highest BCUT2D eigenvalue weighted by Gasteiger charge is 2.23. The summed E-state index contributed by atoms with van der Waals surface area (Å²) in [6.07, 6.45) is 0.272. The summed E-state index contributed by atoms with van der Waals surface area (Å²) in [5, 5.41) is 3.60. The van der Waals surface area contributed by atoms with Gasteiger partial charge in [-0.2, -0.15) is 0 Å². The predicted octanol–water partition coefficient (Wildman–Crippen LogP) is 3.51. The average molecular weight is 290 g/mol. The maximum absolute atomic E-state index is 5.90. The van der Waals surface area contributed by atoms with Gasteiger partial charge in [0.15, 0.2) is 0 Å². The summed E-state index contributed by atoms with van der Waals surface area (Å²) in [5.74, 6) is 0. The Kier molecular flexibility index (Phi) is 5.28. The van der Waals surface area contributed by atoms with Gasteiger partial charge in [-0.15, -0.1) is 0 Å². The van der Waals surface area contributed by atoms with Crippen molar-refractivity contribution < 1.29 is 4.74 Å². The molecule has 0 radical (unpaired) electrons. The van der Waals surface area contributed by atoms with E-state index in [2.05, 4.69) is 69.1 Å². The van der Waals surface area contributed by atoms with Gasteiger partial charge in [-0.25, -0.2) is 0 Å². The SMILES string of the molecule is CC(C)N1CCOC(CNc2ccccc2C(C)(C)C)C1. The minimum atomic E-state index is 0.154. The Morgan fingerprint density at radius 1 is 1.29 bits per heavy atom. The normalized spacial score (nSPS) is 20.8. The number of hydrogen-bond donors (Lipinski definition) is 1. The van der Waals surface area contributed by atoms with Crippen molar-refractivity contribution in [2.45, 2.75) is 52.2 Å². The lowest BCUT2D eigenvalue weighted by Crippen LogP contribution is -2.48. The van der Waals surface area contributed by atoms with Gasteiger partial charge in [0.2, 0.25) is 0 Å². The Balaban J connectivity index is 1.97. The molecule has 0 amide bonds. The molecule has 1 aliphatic heterocycles. The summed E-state index contributed by atoms with van der Waals surface area (Å²) in [7, 11) is 0. The van der Waals surface area contributed by atoms with E-state index in [1.807, 2.05) is 0 Å². The Bertz CT molecular complexity index is 451. The van der Waals surface area contributed by atoms with Crippen LogP contribution in [0.2, 0.25) is 0 Å². The van der Waals surface area contributed by atoms with Crippen molar-refractivity contribution in [1.29, 1.82) is 0 Å². The Morgan fingerprint density at radius 3 is 2.67 bits per heavy atom. The van der Waals surface area contributed by atoms with Gasteiger partial charge in [0.1, 0.15) is 0 Å². The minimum absolute atomic E-state index is 0.154. The monoisotopic (exact) mass is 290 g/mol. The van der Waals surface area contributed by atoms with Crippen LogP contribution >= 0.6 is 0 Å². The lowest BCUT2D eigenvalue weighted by Gasteiger charge is -2.36. The number of anilines is 1. The molecule has 2 rings (SSSR count). The van der Waals surface area contributed by atoms with E-state index in [-0.39, 0.29) is 11.5 Å². The van der Waals surface area contributed by atoms with Crippen molar-refractivity contribution in [3.05, 3.63) is 29.8 Å². The maximum Gasteiger partial charge on any atom is 0.0874 e. The van der Waals surface area contributed by atoms with E-state index >= 15 is 0 Å². The summed E-state index contributed by atoms with van der Waals surface area (Å²) < 4.78 is 5.90. The minimum Gasteiger partial charge on any atom is -0.382 e. The van der Waals surface area contributed by atoms with E-state index in [9.17, 15) is 0 Å². The largest absolute Gasteiger partial charge is 0.382 e. The van der Waals surface area contributed by atoms with E-state index < -0.39 is 0 Å². The molecule has 3 nitrogen and oxygen atoms in total. The molecule has 0 aliphatic carbocycles. The van der Waals surface area contributed by atoms with E-state index in [1.165, 1.54) is 11.3 Å². The highest BCUT2D eigenvalue weighted by molar-refractivity contribution is 5.54. The maximum atomic E-state index is 5.90. The standard InChI is InChI=1S/C18H30N2O/c1-14(2)20-10-11-21-15(13-20)12-19-17-9-7-6-8-16(17)18(3,4)5/h6-9,14-15,19H,10-13H2,1-5H3. The number of morpholine rings is 1. The molecular weight excluding hydrogens is 260 g/mol. The first-order valence-electron chi connectivity index (χ1n) is 8.07. The molecule has 1 aromatic carbocycles. The third-order valence-corrected chi connectivity index (χ3v) is 4.16. The van der Waals surface area contributed by atoms with Crippen LogP contribution in [-0.4, -0.2) is 43.3 Å². The summed E-state index contributed by atoms with van der Waals surface area (Å²) in [6.45, 7) is 15.0. The predicted molar refractivity (Wildman–Crippen MR) is 90.1 cm³/mol. The fraction of sp³-hybridized carbons (Fsp3) is 0.667. The van der Waals surface area contributed by atoms with Gasteiger partial charge in [0.25, 0.3) is 0 Å². The molecule has 1 aromatic rings. The third kappa shape index (κ3) is 4.45. The molecule has 0 bridgehead atoms. The molecule has 21 heavy (non-hydrogen) atoms. The second-order valence-electron chi connectivity index (χ2n) is 7.26. The molecule has 1 saturated heterocycles. The van der Waals surface area contributed by atoms with Gasteiger partial charge in [-0.3, -0.25) is 4.90 Å². The molecule has 1 N–H and O–H groups in total. The quantitative estimate of drug-likeness (QED) is 0.918. The molecule has 1 atom stereocenters. The van der Waals surface area contributed by atoms with Crippen LogP contribution in [-0.2, 0) is 10.2 Å². The second-order valence-corrected chi connectivity index (χ2v) is 7.26. The van der Waals surface area contributed by atoms with E-state index in [0.29, 0.717) is 6.04 Å². The molecule has 118 valence electrons. The van der Waals surface area contributed by atoms with Gasteiger partial charge in [0, 0.05) is 31.4 Å². The highest BCUT2D eigenvalue weighted by atomic mass is 16.5. The summed E-state index contributed by atoms with van der Waals surface area (Å²) in [4.78, 5) is 2.49. The molecule has 1 aliphatic rings. The topological polar surface area (TPSA) is 24.5 Å². The number of rotatable bonds is 4. The van der Waals surface area contributed by atoms with Crippen LogP contribution in [0.1, 0.15) is 40.2 Å². The van der Waals surface area contributed by atoms with Crippen LogP contribution in [0, 0.1) is 0 Å². The summed E-state index contributed by atoms with van der Waals surface area (Å²) >= 11 is 0. The van der Waals surface area contributed by atoms with Crippen LogP contribution in [0.15, 0.2) is 24.3 Å². The van der Waals surface area contributed by atoms with Crippen LogP contribution < -0.4 is 5.32 Å². The van der Waals surface area contributed by atoms with Crippen LogP contribution in [0.25, 0.3) is 0 Å². The Hall–Kier alpha value is -1.06. The van der Waals surface area contributed by atoms with Crippen molar-refractivity contribution in [1.82, 2.24) is 4.90 Å². The zero-order valence-corrected chi connectivity index (χ0v) is 14.1. The first-order valence-corrected chi connectivity index (χ1v) is 8.07. The molecule has 1 fully saturated rings. The molecule has 0 aromatic heterocycles. The van der Waals surface area contributed by atoms with Gasteiger partial charge in [-0.05, 0) is 30.9 Å².